The van der Waals surface area contributed by atoms with Gasteiger partial charge in [0.25, 0.3) is 17.7 Å². The minimum atomic E-state index is -1.35. The molecular formula is C25H28N9O10S2+. The van der Waals surface area contributed by atoms with E-state index in [1.54, 1.807) is 4.90 Å². The molecular weight excluding hydrogens is 650 g/mol. The number of fused-ring (bicyclic) bond motifs is 1. The molecule has 2 fully saturated rings. The number of rotatable bonds is 10. The average Bonchev–Trinajstić information content (AvgIpc) is 3.44. The van der Waals surface area contributed by atoms with Crippen LogP contribution < -0.4 is 16.5 Å². The van der Waals surface area contributed by atoms with Gasteiger partial charge in [-0.3, -0.25) is 24.1 Å². The highest BCUT2D eigenvalue weighted by Gasteiger charge is 2.55. The number of nitrogen functional groups attached to an aromatic ring is 1. The number of piperazine rings is 1. The standard InChI is InChI=1S/C25H27N9O10S2/c1-34(4-2-32(3-5-34)21(40)12-6-13(35)14(36)7-27-12)8-11-10-45-23-17(22(41)33(23)18(11)24(42)43)28-20(39)16(30-44-9-15(37)38)19-29-25(26)46-31-19/h6-7,17,23H,2-5,8-10H2,1H3,(H6-,26,27,28,29,30,31,35,36,37,38,39,40,42,43)/p+1/t17-,23+/m1/s1. The maximum atomic E-state index is 13.2. The van der Waals surface area contributed by atoms with Crippen LogP contribution in [-0.2, 0) is 24.0 Å². The molecule has 46 heavy (non-hydrogen) atoms. The molecule has 3 aliphatic heterocycles. The van der Waals surface area contributed by atoms with E-state index in [-0.39, 0.29) is 34.6 Å². The van der Waals surface area contributed by atoms with Crippen molar-refractivity contribution in [3.8, 4) is 5.75 Å². The maximum Gasteiger partial charge on any atom is 0.352 e. The number of likely N-dealkylation sites (N-methyl/N-ethyl adjacent to an activating group) is 1. The zero-order valence-electron chi connectivity index (χ0n) is 24.0. The van der Waals surface area contributed by atoms with Gasteiger partial charge >= 0.3 is 11.9 Å². The van der Waals surface area contributed by atoms with E-state index in [0.717, 1.165) is 28.7 Å². The lowest BCUT2D eigenvalue weighted by Gasteiger charge is -2.50. The summed E-state index contributed by atoms with van der Waals surface area (Å²) in [6.07, 6.45) is 1.05. The number of nitrogens with zero attached hydrogens (tertiary/aromatic N) is 6. The van der Waals surface area contributed by atoms with Crippen molar-refractivity contribution in [2.24, 2.45) is 5.16 Å². The number of hydrogen-bond donors (Lipinski definition) is 6. The number of carbonyl (C=O) groups excluding carboxylic acids is 3. The number of carboxylic acids is 2. The van der Waals surface area contributed by atoms with Crippen LogP contribution >= 0.6 is 23.3 Å². The lowest BCUT2D eigenvalue weighted by molar-refractivity contribution is -0.908. The number of pyridine rings is 1. The molecule has 0 bridgehead atoms. The second kappa shape index (κ2) is 12.8. The summed E-state index contributed by atoms with van der Waals surface area (Å²) in [4.78, 5) is 88.0. The monoisotopic (exact) mass is 678 g/mol. The Hall–Kier alpha value is -5.02. The fourth-order valence-corrected chi connectivity index (χ4v) is 6.98. The molecule has 5 rings (SSSR count). The fourth-order valence-electron chi connectivity index (χ4n) is 5.21. The number of anilines is 1. The number of oxime groups is 1. The molecule has 2 saturated heterocycles. The summed E-state index contributed by atoms with van der Waals surface area (Å²) < 4.78 is 4.27. The van der Waals surface area contributed by atoms with Crippen LogP contribution in [0.5, 0.6) is 5.75 Å². The summed E-state index contributed by atoms with van der Waals surface area (Å²) in [6, 6.07) is -0.0912. The highest BCUT2D eigenvalue weighted by Crippen LogP contribution is 2.41. The number of H-pyrrole nitrogens is 1. The number of amides is 3. The molecule has 0 saturated carbocycles. The average molecular weight is 679 g/mol. The van der Waals surface area contributed by atoms with E-state index in [2.05, 4.69) is 29.7 Å². The Bertz CT molecular complexity index is 1730. The van der Waals surface area contributed by atoms with Crippen LogP contribution in [0, 0.1) is 0 Å². The highest BCUT2D eigenvalue weighted by molar-refractivity contribution is 8.00. The molecule has 2 aromatic heterocycles. The van der Waals surface area contributed by atoms with Crippen molar-refractivity contribution in [2.45, 2.75) is 11.4 Å². The van der Waals surface area contributed by atoms with E-state index >= 15 is 0 Å². The number of nitrogens with one attached hydrogen (secondary N) is 2. The first kappa shape index (κ1) is 32.4. The minimum absolute atomic E-state index is 0.00397. The Morgan fingerprint density at radius 3 is 2.57 bits per heavy atom. The van der Waals surface area contributed by atoms with Crippen LogP contribution in [0.2, 0.25) is 0 Å². The van der Waals surface area contributed by atoms with Crippen LogP contribution in [0.1, 0.15) is 16.3 Å². The molecule has 7 N–H and O–H groups in total. The van der Waals surface area contributed by atoms with Gasteiger partial charge in [-0.05, 0) is 0 Å². The SMILES string of the molecule is C[N+]1(CC2=C(C(=O)O)N3C(=O)[C@@H](NC(=O)C(=NOCC(=O)O)c4nsc(N)n4)[C@@H]3SC2)CCN(C(=O)c2cc(=O)c(O)c[nH]2)CC1. The Balaban J connectivity index is 1.26. The van der Waals surface area contributed by atoms with E-state index in [1.165, 1.54) is 11.8 Å². The van der Waals surface area contributed by atoms with E-state index < -0.39 is 64.6 Å². The molecule has 2 atom stereocenters. The summed E-state index contributed by atoms with van der Waals surface area (Å²) in [5, 5.41) is 33.7. The van der Waals surface area contributed by atoms with Crippen molar-refractivity contribution in [3.05, 3.63) is 45.3 Å². The quantitative estimate of drug-likeness (QED) is 0.0666. The summed E-state index contributed by atoms with van der Waals surface area (Å²) in [6.45, 7) is 0.999. The number of carboxylic acid groups (broad SMARTS) is 2. The van der Waals surface area contributed by atoms with Crippen molar-refractivity contribution in [1.82, 2.24) is 29.5 Å². The largest absolute Gasteiger partial charge is 0.503 e. The first-order chi connectivity index (χ1) is 21.8. The number of aromatic hydroxyl groups is 1. The maximum absolute atomic E-state index is 13.2. The number of thioether (sulfide) groups is 1. The van der Waals surface area contributed by atoms with E-state index in [0.29, 0.717) is 36.2 Å². The molecule has 3 aliphatic rings. The molecule has 0 radical (unpaired) electrons. The van der Waals surface area contributed by atoms with Gasteiger partial charge in [0.05, 0.1) is 33.2 Å². The van der Waals surface area contributed by atoms with Crippen LogP contribution in [0.4, 0.5) is 5.13 Å². The number of nitrogens with two attached hydrogens (primary N) is 1. The predicted molar refractivity (Wildman–Crippen MR) is 160 cm³/mol. The van der Waals surface area contributed by atoms with Crippen molar-refractivity contribution < 1.29 is 48.6 Å². The van der Waals surface area contributed by atoms with Gasteiger partial charge in [-0.1, -0.05) is 5.16 Å². The Kier molecular flexibility index (Phi) is 8.99. The van der Waals surface area contributed by atoms with Crippen molar-refractivity contribution in [2.75, 3.05) is 57.9 Å². The van der Waals surface area contributed by atoms with Crippen molar-refractivity contribution in [1.29, 1.82) is 0 Å². The molecule has 2 aromatic rings. The second-order valence-corrected chi connectivity index (χ2v) is 12.7. The van der Waals surface area contributed by atoms with E-state index in [1.807, 2.05) is 7.05 Å². The highest BCUT2D eigenvalue weighted by atomic mass is 32.2. The third-order valence-corrected chi connectivity index (χ3v) is 9.43. The first-order valence-corrected chi connectivity index (χ1v) is 15.4. The normalized spacial score (nSPS) is 20.9. The second-order valence-electron chi connectivity index (χ2n) is 10.8. The van der Waals surface area contributed by atoms with Crippen LogP contribution in [0.15, 0.2) is 33.5 Å². The number of aliphatic carboxylic acids is 2. The van der Waals surface area contributed by atoms with Crippen LogP contribution in [0.25, 0.3) is 0 Å². The third kappa shape index (κ3) is 6.50. The van der Waals surface area contributed by atoms with Gasteiger partial charge < -0.3 is 45.6 Å². The minimum Gasteiger partial charge on any atom is -0.503 e. The fraction of sp³-hybridized carbons (Fsp3) is 0.400. The lowest BCUT2D eigenvalue weighted by atomic mass is 10.0. The van der Waals surface area contributed by atoms with Gasteiger partial charge in [0, 0.05) is 35.1 Å². The van der Waals surface area contributed by atoms with Crippen LogP contribution in [-0.4, -0.2) is 143 Å². The lowest BCUT2D eigenvalue weighted by Crippen LogP contribution is -2.71. The number of aromatic nitrogens is 3. The number of β-lactam (4-membered cyclic amide) rings is 1. The van der Waals surface area contributed by atoms with Crippen molar-refractivity contribution in [3.63, 3.8) is 0 Å². The summed E-state index contributed by atoms with van der Waals surface area (Å²) in [7, 11) is 1.92. The molecule has 21 heteroatoms. The predicted octanol–water partition coefficient (Wildman–Crippen LogP) is -2.34. The molecule has 0 aliphatic carbocycles. The smallest absolute Gasteiger partial charge is 0.352 e. The number of hydrogen-bond acceptors (Lipinski definition) is 14. The Labute approximate surface area is 267 Å². The van der Waals surface area contributed by atoms with Gasteiger partial charge in [0.1, 0.15) is 29.4 Å². The summed E-state index contributed by atoms with van der Waals surface area (Å²) >= 11 is 2.02. The van der Waals surface area contributed by atoms with Crippen LogP contribution in [0.3, 0.4) is 0 Å². The zero-order chi connectivity index (χ0) is 33.3. The Morgan fingerprint density at radius 1 is 1.24 bits per heavy atom. The Morgan fingerprint density at radius 2 is 1.96 bits per heavy atom. The van der Waals surface area contributed by atoms with Gasteiger partial charge in [0.15, 0.2) is 10.9 Å². The third-order valence-electron chi connectivity index (χ3n) is 7.55. The molecule has 0 unspecified atom stereocenters. The number of aromatic amines is 1. The zero-order valence-corrected chi connectivity index (χ0v) is 25.7. The van der Waals surface area contributed by atoms with Gasteiger partial charge in [-0.25, -0.2) is 9.59 Å². The van der Waals surface area contributed by atoms with Crippen molar-refractivity contribution >= 4 is 63.8 Å². The first-order valence-electron chi connectivity index (χ1n) is 13.5. The molecule has 244 valence electrons. The van der Waals surface area contributed by atoms with E-state index in [4.69, 9.17) is 10.8 Å². The summed E-state index contributed by atoms with van der Waals surface area (Å²) in [5.41, 5.74) is 4.78. The molecule has 19 nitrogen and oxygen atoms in total. The van der Waals surface area contributed by atoms with E-state index in [9.17, 15) is 39.0 Å². The van der Waals surface area contributed by atoms with Gasteiger partial charge in [0.2, 0.25) is 23.6 Å². The topological polar surface area (TPSA) is 271 Å². The van der Waals surface area contributed by atoms with Gasteiger partial charge in [-0.15, -0.1) is 11.8 Å². The molecule has 5 heterocycles. The van der Waals surface area contributed by atoms with Gasteiger partial charge in [-0.2, -0.15) is 9.36 Å². The number of carbonyl (C=O) groups is 5. The molecule has 0 aromatic carbocycles. The molecule has 3 amide bonds. The summed E-state index contributed by atoms with van der Waals surface area (Å²) in [5.74, 6) is -5.16. The molecule has 0 spiro atoms. The number of quaternary nitrogens is 1.